The fourth-order valence-corrected chi connectivity index (χ4v) is 1.92. The van der Waals surface area contributed by atoms with E-state index in [9.17, 15) is 18.0 Å². The number of Topliss-reactive ketones (excluding diaryl/α,β-unsaturated/α-hetero) is 1. The summed E-state index contributed by atoms with van der Waals surface area (Å²) in [5, 5.41) is 3.01. The van der Waals surface area contributed by atoms with Gasteiger partial charge in [0.25, 0.3) is 0 Å². The molecule has 88 valence electrons. The van der Waals surface area contributed by atoms with Gasteiger partial charge in [0, 0.05) is 12.0 Å². The molecule has 0 amide bonds. The summed E-state index contributed by atoms with van der Waals surface area (Å²) >= 11 is 0. The van der Waals surface area contributed by atoms with Crippen LogP contribution in [0.15, 0.2) is 0 Å². The molecule has 2 nitrogen and oxygen atoms in total. The molecule has 1 rings (SSSR count). The van der Waals surface area contributed by atoms with Gasteiger partial charge in [-0.2, -0.15) is 13.2 Å². The van der Waals surface area contributed by atoms with Crippen LogP contribution in [-0.4, -0.2) is 24.5 Å². The Kier molecular flexibility index (Phi) is 4.13. The second-order valence-electron chi connectivity index (χ2n) is 4.06. The van der Waals surface area contributed by atoms with Gasteiger partial charge in [0.05, 0.1) is 0 Å². The van der Waals surface area contributed by atoms with Crippen LogP contribution in [-0.2, 0) is 4.79 Å². The maximum Gasteiger partial charge on any atom is 0.450 e. The fourth-order valence-electron chi connectivity index (χ4n) is 1.92. The van der Waals surface area contributed by atoms with E-state index in [1.165, 1.54) is 6.92 Å². The van der Waals surface area contributed by atoms with Crippen molar-refractivity contribution in [1.82, 2.24) is 5.32 Å². The SMILES string of the molecule is CC(C(=O)C(F)(F)F)C1CCCCCN1. The lowest BCUT2D eigenvalue weighted by Crippen LogP contribution is -2.42. The number of carbonyl (C=O) groups is 1. The van der Waals surface area contributed by atoms with E-state index in [4.69, 9.17) is 0 Å². The minimum absolute atomic E-state index is 0.318. The minimum Gasteiger partial charge on any atom is -0.313 e. The maximum absolute atomic E-state index is 12.2. The van der Waals surface area contributed by atoms with Gasteiger partial charge in [0.15, 0.2) is 0 Å². The zero-order valence-corrected chi connectivity index (χ0v) is 8.73. The molecule has 1 aliphatic rings. The average Bonchev–Trinajstić information content (AvgIpc) is 2.42. The van der Waals surface area contributed by atoms with Crippen LogP contribution in [0.4, 0.5) is 13.2 Å². The van der Waals surface area contributed by atoms with E-state index in [-0.39, 0.29) is 6.04 Å². The van der Waals surface area contributed by atoms with Crippen LogP contribution in [0.25, 0.3) is 0 Å². The molecular formula is C10H16F3NO. The maximum atomic E-state index is 12.2. The summed E-state index contributed by atoms with van der Waals surface area (Å²) < 4.78 is 36.5. The number of alkyl halides is 3. The van der Waals surface area contributed by atoms with E-state index in [1.54, 1.807) is 0 Å². The second-order valence-corrected chi connectivity index (χ2v) is 4.06. The quantitative estimate of drug-likeness (QED) is 0.778. The van der Waals surface area contributed by atoms with Gasteiger partial charge < -0.3 is 5.32 Å². The van der Waals surface area contributed by atoms with Crippen molar-refractivity contribution in [3.05, 3.63) is 0 Å². The summed E-state index contributed by atoms with van der Waals surface area (Å²) in [6.45, 7) is 2.07. The topological polar surface area (TPSA) is 29.1 Å². The van der Waals surface area contributed by atoms with Crippen LogP contribution in [0.2, 0.25) is 0 Å². The highest BCUT2D eigenvalue weighted by Crippen LogP contribution is 2.25. The molecule has 0 spiro atoms. The number of hydrogen-bond acceptors (Lipinski definition) is 2. The predicted molar refractivity (Wildman–Crippen MR) is 50.5 cm³/mol. The zero-order valence-electron chi connectivity index (χ0n) is 8.73. The smallest absolute Gasteiger partial charge is 0.313 e. The highest BCUT2D eigenvalue weighted by molar-refractivity contribution is 5.86. The Balaban J connectivity index is 2.58. The van der Waals surface area contributed by atoms with Crippen molar-refractivity contribution in [2.75, 3.05) is 6.54 Å². The van der Waals surface area contributed by atoms with Crippen molar-refractivity contribution in [2.24, 2.45) is 5.92 Å². The van der Waals surface area contributed by atoms with Gasteiger partial charge in [-0.3, -0.25) is 4.79 Å². The lowest BCUT2D eigenvalue weighted by Gasteiger charge is -2.23. The monoisotopic (exact) mass is 223 g/mol. The van der Waals surface area contributed by atoms with Crippen molar-refractivity contribution in [2.45, 2.75) is 44.8 Å². The van der Waals surface area contributed by atoms with Gasteiger partial charge in [-0.05, 0) is 19.4 Å². The Bertz CT molecular complexity index is 219. The van der Waals surface area contributed by atoms with Crippen LogP contribution in [0, 0.1) is 5.92 Å². The molecule has 2 unspecified atom stereocenters. The van der Waals surface area contributed by atoms with Crippen LogP contribution in [0.3, 0.4) is 0 Å². The number of ketones is 1. The van der Waals surface area contributed by atoms with Gasteiger partial charge in [0.2, 0.25) is 5.78 Å². The third-order valence-corrected chi connectivity index (χ3v) is 2.89. The van der Waals surface area contributed by atoms with Crippen LogP contribution in [0.1, 0.15) is 32.6 Å². The van der Waals surface area contributed by atoms with Crippen molar-refractivity contribution >= 4 is 5.78 Å². The molecule has 0 saturated carbocycles. The Morgan fingerprint density at radius 2 is 2.00 bits per heavy atom. The van der Waals surface area contributed by atoms with Crippen LogP contribution >= 0.6 is 0 Å². The summed E-state index contributed by atoms with van der Waals surface area (Å²) in [5.41, 5.74) is 0. The molecule has 0 aromatic rings. The van der Waals surface area contributed by atoms with Crippen molar-refractivity contribution in [3.63, 3.8) is 0 Å². The van der Waals surface area contributed by atoms with Crippen LogP contribution in [0.5, 0.6) is 0 Å². The normalized spacial score (nSPS) is 25.7. The number of hydrogen-bond donors (Lipinski definition) is 1. The summed E-state index contributed by atoms with van der Waals surface area (Å²) in [6.07, 6.45) is -1.15. The van der Waals surface area contributed by atoms with E-state index in [1.807, 2.05) is 0 Å². The molecule has 5 heteroatoms. The largest absolute Gasteiger partial charge is 0.450 e. The third kappa shape index (κ3) is 3.48. The first-order valence-corrected chi connectivity index (χ1v) is 5.27. The highest BCUT2D eigenvalue weighted by atomic mass is 19.4. The van der Waals surface area contributed by atoms with E-state index in [2.05, 4.69) is 5.32 Å². The van der Waals surface area contributed by atoms with Gasteiger partial charge in [-0.25, -0.2) is 0 Å². The summed E-state index contributed by atoms with van der Waals surface area (Å²) in [7, 11) is 0. The van der Waals surface area contributed by atoms with E-state index >= 15 is 0 Å². The van der Waals surface area contributed by atoms with Crippen LogP contribution < -0.4 is 5.32 Å². The average molecular weight is 223 g/mol. The molecule has 1 heterocycles. The Morgan fingerprint density at radius 3 is 2.60 bits per heavy atom. The first-order valence-electron chi connectivity index (χ1n) is 5.27. The van der Waals surface area contributed by atoms with Gasteiger partial charge in [-0.15, -0.1) is 0 Å². The molecule has 0 aromatic heterocycles. The molecule has 0 radical (unpaired) electrons. The van der Waals surface area contributed by atoms with E-state index < -0.39 is 17.9 Å². The lowest BCUT2D eigenvalue weighted by atomic mass is 9.93. The third-order valence-electron chi connectivity index (χ3n) is 2.89. The molecule has 0 aromatic carbocycles. The standard InChI is InChI=1S/C10H16F3NO/c1-7(9(15)10(11,12)13)8-5-3-2-4-6-14-8/h7-8,14H,2-6H2,1H3. The van der Waals surface area contributed by atoms with Crippen molar-refractivity contribution in [1.29, 1.82) is 0 Å². The lowest BCUT2D eigenvalue weighted by molar-refractivity contribution is -0.176. The Labute approximate surface area is 87.2 Å². The molecule has 0 bridgehead atoms. The molecule has 15 heavy (non-hydrogen) atoms. The molecule has 2 atom stereocenters. The molecule has 0 aliphatic carbocycles. The van der Waals surface area contributed by atoms with Crippen molar-refractivity contribution < 1.29 is 18.0 Å². The number of rotatable bonds is 2. The van der Waals surface area contributed by atoms with E-state index in [0.29, 0.717) is 13.0 Å². The fraction of sp³-hybridized carbons (Fsp3) is 0.900. The molecular weight excluding hydrogens is 207 g/mol. The summed E-state index contributed by atoms with van der Waals surface area (Å²) in [5.74, 6) is -2.58. The Hall–Kier alpha value is -0.580. The first-order chi connectivity index (χ1) is 6.93. The van der Waals surface area contributed by atoms with E-state index in [0.717, 1.165) is 19.3 Å². The van der Waals surface area contributed by atoms with Gasteiger partial charge in [0.1, 0.15) is 0 Å². The van der Waals surface area contributed by atoms with Gasteiger partial charge >= 0.3 is 6.18 Å². The minimum atomic E-state index is -4.70. The zero-order chi connectivity index (χ0) is 11.5. The molecule has 1 saturated heterocycles. The Morgan fingerprint density at radius 1 is 1.33 bits per heavy atom. The molecule has 1 N–H and O–H groups in total. The summed E-state index contributed by atoms with van der Waals surface area (Å²) in [6, 6.07) is -0.318. The number of halogens is 3. The first kappa shape index (κ1) is 12.5. The highest BCUT2D eigenvalue weighted by Gasteiger charge is 2.43. The molecule has 1 fully saturated rings. The van der Waals surface area contributed by atoms with Crippen molar-refractivity contribution in [3.8, 4) is 0 Å². The molecule has 1 aliphatic heterocycles. The number of nitrogens with one attached hydrogen (secondary N) is 1. The summed E-state index contributed by atoms with van der Waals surface area (Å²) in [4.78, 5) is 11.0. The predicted octanol–water partition coefficient (Wildman–Crippen LogP) is 2.29. The second kappa shape index (κ2) is 4.96. The van der Waals surface area contributed by atoms with Gasteiger partial charge in [-0.1, -0.05) is 19.8 Å². The number of carbonyl (C=O) groups excluding carboxylic acids is 1.